The number of benzene rings is 1. The molecular formula is C13H11Cl2N3O. The van der Waals surface area contributed by atoms with Crippen molar-refractivity contribution in [2.75, 3.05) is 5.32 Å². The Bertz CT molecular complexity index is 617. The Hall–Kier alpha value is -1.65. The lowest BCUT2D eigenvalue weighted by molar-refractivity contribution is 0.102. The Kier molecular flexibility index (Phi) is 4.35. The first-order valence-corrected chi connectivity index (χ1v) is 6.45. The first kappa shape index (κ1) is 13.8. The first-order chi connectivity index (χ1) is 9.11. The van der Waals surface area contributed by atoms with E-state index >= 15 is 0 Å². The summed E-state index contributed by atoms with van der Waals surface area (Å²) in [6.45, 7) is 2.02. The van der Waals surface area contributed by atoms with Crippen molar-refractivity contribution in [1.82, 2.24) is 10.2 Å². The van der Waals surface area contributed by atoms with Gasteiger partial charge in [0.25, 0.3) is 5.91 Å². The van der Waals surface area contributed by atoms with Crippen LogP contribution >= 0.6 is 23.2 Å². The fourth-order valence-corrected chi connectivity index (χ4v) is 1.98. The van der Waals surface area contributed by atoms with Crippen LogP contribution in [0.3, 0.4) is 0 Å². The van der Waals surface area contributed by atoms with Crippen LogP contribution in [0.5, 0.6) is 0 Å². The number of aromatic nitrogens is 2. The molecule has 0 spiro atoms. The van der Waals surface area contributed by atoms with E-state index in [-0.39, 0.29) is 21.8 Å². The largest absolute Gasteiger partial charge is 0.322 e. The third kappa shape index (κ3) is 3.22. The highest BCUT2D eigenvalue weighted by Gasteiger charge is 2.14. The van der Waals surface area contributed by atoms with E-state index in [0.29, 0.717) is 0 Å². The summed E-state index contributed by atoms with van der Waals surface area (Å²) in [5.41, 5.74) is 1.99. The van der Waals surface area contributed by atoms with Crippen LogP contribution in [0.1, 0.15) is 22.8 Å². The number of aryl methyl sites for hydroxylation is 1. The Labute approximate surface area is 120 Å². The molecule has 0 fully saturated rings. The molecular weight excluding hydrogens is 285 g/mol. The molecule has 2 rings (SSSR count). The summed E-state index contributed by atoms with van der Waals surface area (Å²) in [5, 5.41) is 10.1. The summed E-state index contributed by atoms with van der Waals surface area (Å²) >= 11 is 11.5. The Morgan fingerprint density at radius 1 is 1.26 bits per heavy atom. The van der Waals surface area contributed by atoms with Crippen molar-refractivity contribution >= 4 is 34.8 Å². The number of nitrogens with zero attached hydrogens (tertiary/aromatic N) is 2. The lowest BCUT2D eigenvalue weighted by Gasteiger charge is -2.10. The number of carbonyl (C=O) groups excluding carboxylic acids is 1. The quantitative estimate of drug-likeness (QED) is 0.941. The van der Waals surface area contributed by atoms with Crippen LogP contribution in [-0.4, -0.2) is 16.1 Å². The zero-order chi connectivity index (χ0) is 13.8. The molecule has 0 saturated carbocycles. The van der Waals surface area contributed by atoms with Crippen LogP contribution in [0.15, 0.2) is 30.3 Å². The van der Waals surface area contributed by atoms with Gasteiger partial charge in [0.15, 0.2) is 10.3 Å². The minimum atomic E-state index is -0.359. The molecule has 98 valence electrons. The van der Waals surface area contributed by atoms with Gasteiger partial charge in [0, 0.05) is 5.69 Å². The van der Waals surface area contributed by atoms with Crippen molar-refractivity contribution in [3.8, 4) is 0 Å². The SMILES string of the molecule is CCc1ccccc1NC(=O)c1cc(Cl)nnc1Cl. The predicted molar refractivity (Wildman–Crippen MR) is 75.8 cm³/mol. The number of carbonyl (C=O) groups is 1. The van der Waals surface area contributed by atoms with Crippen LogP contribution in [0, 0.1) is 0 Å². The standard InChI is InChI=1S/C13H11Cl2N3O/c1-2-8-5-3-4-6-10(8)16-13(19)9-7-11(14)17-18-12(9)15/h3-7H,2H2,1H3,(H,16,19). The van der Waals surface area contributed by atoms with Crippen molar-refractivity contribution in [3.05, 3.63) is 51.8 Å². The third-order valence-electron chi connectivity index (χ3n) is 2.61. The highest BCUT2D eigenvalue weighted by atomic mass is 35.5. The Morgan fingerprint density at radius 3 is 2.74 bits per heavy atom. The molecule has 0 aliphatic carbocycles. The predicted octanol–water partition coefficient (Wildman–Crippen LogP) is 3.60. The zero-order valence-electron chi connectivity index (χ0n) is 10.2. The summed E-state index contributed by atoms with van der Waals surface area (Å²) < 4.78 is 0. The van der Waals surface area contributed by atoms with E-state index in [4.69, 9.17) is 23.2 Å². The number of para-hydroxylation sites is 1. The molecule has 1 aromatic heterocycles. The summed E-state index contributed by atoms with van der Waals surface area (Å²) in [4.78, 5) is 12.1. The molecule has 0 aliphatic heterocycles. The average Bonchev–Trinajstić information content (AvgIpc) is 2.42. The molecule has 1 N–H and O–H groups in total. The van der Waals surface area contributed by atoms with Gasteiger partial charge in [-0.1, -0.05) is 48.3 Å². The van der Waals surface area contributed by atoms with Crippen LogP contribution in [-0.2, 0) is 6.42 Å². The second-order valence-electron chi connectivity index (χ2n) is 3.84. The molecule has 0 aliphatic rings. The smallest absolute Gasteiger partial charge is 0.258 e. The van der Waals surface area contributed by atoms with Crippen LogP contribution in [0.25, 0.3) is 0 Å². The molecule has 4 nitrogen and oxygen atoms in total. The number of amides is 1. The number of hydrogen-bond donors (Lipinski definition) is 1. The van der Waals surface area contributed by atoms with Gasteiger partial charge in [0.1, 0.15) is 0 Å². The highest BCUT2D eigenvalue weighted by molar-refractivity contribution is 6.34. The Balaban J connectivity index is 2.28. The number of rotatable bonds is 3. The number of halogens is 2. The maximum Gasteiger partial charge on any atom is 0.258 e. The Morgan fingerprint density at radius 2 is 2.00 bits per heavy atom. The summed E-state index contributed by atoms with van der Waals surface area (Å²) in [6, 6.07) is 8.96. The number of nitrogens with one attached hydrogen (secondary N) is 1. The molecule has 19 heavy (non-hydrogen) atoms. The lowest BCUT2D eigenvalue weighted by atomic mass is 10.1. The molecule has 0 bridgehead atoms. The molecule has 0 unspecified atom stereocenters. The van der Waals surface area contributed by atoms with Gasteiger partial charge in [0.05, 0.1) is 5.56 Å². The second kappa shape index (κ2) is 5.99. The molecule has 1 amide bonds. The maximum absolute atomic E-state index is 12.1. The minimum Gasteiger partial charge on any atom is -0.322 e. The molecule has 0 saturated heterocycles. The van der Waals surface area contributed by atoms with Crippen LogP contribution in [0.4, 0.5) is 5.69 Å². The van der Waals surface area contributed by atoms with Crippen molar-refractivity contribution in [3.63, 3.8) is 0 Å². The highest BCUT2D eigenvalue weighted by Crippen LogP contribution is 2.20. The van der Waals surface area contributed by atoms with E-state index < -0.39 is 0 Å². The van der Waals surface area contributed by atoms with Gasteiger partial charge in [-0.2, -0.15) is 0 Å². The molecule has 2 aromatic rings. The van der Waals surface area contributed by atoms with Crippen molar-refractivity contribution in [2.45, 2.75) is 13.3 Å². The third-order valence-corrected chi connectivity index (χ3v) is 3.07. The van der Waals surface area contributed by atoms with E-state index in [0.717, 1.165) is 17.7 Å². The molecule has 0 radical (unpaired) electrons. The lowest BCUT2D eigenvalue weighted by Crippen LogP contribution is -2.14. The normalized spacial score (nSPS) is 10.3. The van der Waals surface area contributed by atoms with E-state index in [9.17, 15) is 4.79 Å². The first-order valence-electron chi connectivity index (χ1n) is 5.69. The van der Waals surface area contributed by atoms with Gasteiger partial charge in [-0.05, 0) is 24.1 Å². The van der Waals surface area contributed by atoms with E-state index in [1.54, 1.807) is 0 Å². The van der Waals surface area contributed by atoms with Gasteiger partial charge in [-0.3, -0.25) is 4.79 Å². The molecule has 0 atom stereocenters. The molecule has 6 heteroatoms. The zero-order valence-corrected chi connectivity index (χ0v) is 11.7. The van der Waals surface area contributed by atoms with Gasteiger partial charge >= 0.3 is 0 Å². The molecule has 1 heterocycles. The van der Waals surface area contributed by atoms with Crippen molar-refractivity contribution in [1.29, 1.82) is 0 Å². The summed E-state index contributed by atoms with van der Waals surface area (Å²) in [5.74, 6) is -0.359. The van der Waals surface area contributed by atoms with Crippen LogP contribution in [0.2, 0.25) is 10.3 Å². The fourth-order valence-electron chi connectivity index (χ4n) is 1.65. The molecule has 1 aromatic carbocycles. The van der Waals surface area contributed by atoms with Gasteiger partial charge in [0.2, 0.25) is 0 Å². The van der Waals surface area contributed by atoms with E-state index in [2.05, 4.69) is 15.5 Å². The number of hydrogen-bond acceptors (Lipinski definition) is 3. The second-order valence-corrected chi connectivity index (χ2v) is 4.58. The van der Waals surface area contributed by atoms with Gasteiger partial charge in [-0.25, -0.2) is 0 Å². The van der Waals surface area contributed by atoms with Crippen molar-refractivity contribution < 1.29 is 4.79 Å². The van der Waals surface area contributed by atoms with Gasteiger partial charge < -0.3 is 5.32 Å². The van der Waals surface area contributed by atoms with E-state index in [1.165, 1.54) is 6.07 Å². The summed E-state index contributed by atoms with van der Waals surface area (Å²) in [6.07, 6.45) is 0.819. The number of anilines is 1. The van der Waals surface area contributed by atoms with Gasteiger partial charge in [-0.15, -0.1) is 10.2 Å². The monoisotopic (exact) mass is 295 g/mol. The van der Waals surface area contributed by atoms with E-state index in [1.807, 2.05) is 31.2 Å². The van der Waals surface area contributed by atoms with Crippen molar-refractivity contribution in [2.24, 2.45) is 0 Å². The fraction of sp³-hybridized carbons (Fsp3) is 0.154. The average molecular weight is 296 g/mol. The summed E-state index contributed by atoms with van der Waals surface area (Å²) in [7, 11) is 0. The van der Waals surface area contributed by atoms with Crippen LogP contribution < -0.4 is 5.32 Å². The maximum atomic E-state index is 12.1. The topological polar surface area (TPSA) is 54.9 Å². The minimum absolute atomic E-state index is 0.0240.